The van der Waals surface area contributed by atoms with Gasteiger partial charge in [0.25, 0.3) is 0 Å². The third-order valence-electron chi connectivity index (χ3n) is 0.627. The number of rotatable bonds is 0. The Morgan fingerprint density at radius 1 is 1.57 bits per heavy atom. The Morgan fingerprint density at radius 2 is 2.29 bits per heavy atom. The number of nitrogens with two attached hydrogens (primary N) is 2. The summed E-state index contributed by atoms with van der Waals surface area (Å²) in [5.74, 6) is 0. The maximum atomic E-state index is 5.27. The second kappa shape index (κ2) is 1.38. The molecule has 0 aromatic carbocycles. The van der Waals surface area contributed by atoms with Crippen LogP contribution in [0.2, 0.25) is 0 Å². The van der Waals surface area contributed by atoms with E-state index in [0.29, 0.717) is 10.7 Å². The summed E-state index contributed by atoms with van der Waals surface area (Å²) >= 11 is 1.21. The summed E-state index contributed by atoms with van der Waals surface area (Å²) in [5.41, 5.74) is 11.1. The van der Waals surface area contributed by atoms with Crippen molar-refractivity contribution in [2.24, 2.45) is 0 Å². The third-order valence-corrected chi connectivity index (χ3v) is 1.27. The number of hydrogen-bond acceptors (Lipinski definition) is 4. The lowest BCUT2D eigenvalue weighted by atomic mass is 10.6. The molecule has 0 amide bonds. The fourth-order valence-corrected chi connectivity index (χ4v) is 0.694. The zero-order chi connectivity index (χ0) is 5.28. The molecule has 4 N–H and O–H groups in total. The average molecular weight is 115 g/mol. The van der Waals surface area contributed by atoms with Gasteiger partial charge >= 0.3 is 0 Å². The monoisotopic (exact) mass is 115 g/mol. The van der Waals surface area contributed by atoms with Gasteiger partial charge in [-0.2, -0.15) is 4.37 Å². The van der Waals surface area contributed by atoms with Crippen LogP contribution in [0.5, 0.6) is 0 Å². The van der Waals surface area contributed by atoms with Gasteiger partial charge < -0.3 is 11.5 Å². The molecule has 38 valence electrons. The minimum Gasteiger partial charge on any atom is -0.395 e. The molecule has 1 heterocycles. The van der Waals surface area contributed by atoms with Crippen LogP contribution in [0, 0.1) is 0 Å². The SMILES string of the molecule is Nc1cnsc1N. The third kappa shape index (κ3) is 0.640. The summed E-state index contributed by atoms with van der Waals surface area (Å²) in [4.78, 5) is 0. The molecule has 7 heavy (non-hydrogen) atoms. The summed E-state index contributed by atoms with van der Waals surface area (Å²) in [6, 6.07) is 0. The predicted octanol–water partition coefficient (Wildman–Crippen LogP) is 0.308. The van der Waals surface area contributed by atoms with Gasteiger partial charge in [0.1, 0.15) is 5.00 Å². The van der Waals surface area contributed by atoms with Crippen molar-refractivity contribution >= 4 is 22.2 Å². The van der Waals surface area contributed by atoms with Crippen molar-refractivity contribution in [3.63, 3.8) is 0 Å². The number of nitrogen functional groups attached to an aromatic ring is 2. The van der Waals surface area contributed by atoms with Gasteiger partial charge in [-0.3, -0.25) is 0 Å². The van der Waals surface area contributed by atoms with Crippen LogP contribution < -0.4 is 11.5 Å². The maximum absolute atomic E-state index is 5.27. The molecule has 0 radical (unpaired) electrons. The van der Waals surface area contributed by atoms with E-state index < -0.39 is 0 Å². The minimum absolute atomic E-state index is 0.574. The summed E-state index contributed by atoms with van der Waals surface area (Å²) in [6.45, 7) is 0. The van der Waals surface area contributed by atoms with Gasteiger partial charge in [0, 0.05) is 0 Å². The topological polar surface area (TPSA) is 64.9 Å². The van der Waals surface area contributed by atoms with Crippen LogP contribution in [0.25, 0.3) is 0 Å². The van der Waals surface area contributed by atoms with Crippen molar-refractivity contribution in [2.75, 3.05) is 11.5 Å². The Bertz CT molecular complexity index is 142. The summed E-state index contributed by atoms with van der Waals surface area (Å²) in [7, 11) is 0. The van der Waals surface area contributed by atoms with E-state index in [1.54, 1.807) is 6.20 Å². The molecule has 0 aliphatic rings. The average Bonchev–Trinajstić information content (AvgIpc) is 1.91. The summed E-state index contributed by atoms with van der Waals surface area (Å²) in [6.07, 6.45) is 1.54. The Morgan fingerprint density at radius 3 is 2.43 bits per heavy atom. The molecule has 1 aromatic rings. The first-order valence-electron chi connectivity index (χ1n) is 1.76. The molecule has 0 atom stereocenters. The van der Waals surface area contributed by atoms with Crippen molar-refractivity contribution in [3.05, 3.63) is 6.20 Å². The van der Waals surface area contributed by atoms with Crippen molar-refractivity contribution in [1.82, 2.24) is 4.37 Å². The van der Waals surface area contributed by atoms with Crippen LogP contribution in [0.3, 0.4) is 0 Å². The van der Waals surface area contributed by atoms with Gasteiger partial charge in [0.2, 0.25) is 0 Å². The molecule has 0 saturated carbocycles. The van der Waals surface area contributed by atoms with Crippen molar-refractivity contribution < 1.29 is 0 Å². The molecular formula is C3H5N3S. The van der Waals surface area contributed by atoms with E-state index in [-0.39, 0.29) is 0 Å². The summed E-state index contributed by atoms with van der Waals surface area (Å²) in [5, 5.41) is 0.597. The zero-order valence-corrected chi connectivity index (χ0v) is 4.40. The van der Waals surface area contributed by atoms with Crippen LogP contribution in [0.4, 0.5) is 10.7 Å². The lowest BCUT2D eigenvalue weighted by Crippen LogP contribution is -1.86. The van der Waals surface area contributed by atoms with E-state index in [1.165, 1.54) is 11.5 Å². The van der Waals surface area contributed by atoms with Gasteiger partial charge in [-0.1, -0.05) is 0 Å². The van der Waals surface area contributed by atoms with E-state index in [1.807, 2.05) is 0 Å². The van der Waals surface area contributed by atoms with Crippen molar-refractivity contribution in [1.29, 1.82) is 0 Å². The molecular weight excluding hydrogens is 110 g/mol. The normalized spacial score (nSPS) is 9.14. The Hall–Kier alpha value is -0.770. The lowest BCUT2D eigenvalue weighted by Gasteiger charge is -1.79. The molecule has 1 rings (SSSR count). The van der Waals surface area contributed by atoms with E-state index >= 15 is 0 Å². The number of aromatic nitrogens is 1. The second-order valence-electron chi connectivity index (χ2n) is 1.15. The molecule has 3 nitrogen and oxygen atoms in total. The molecule has 0 unspecified atom stereocenters. The van der Waals surface area contributed by atoms with Gasteiger partial charge in [0.05, 0.1) is 11.9 Å². The number of anilines is 2. The summed E-state index contributed by atoms with van der Waals surface area (Å²) < 4.78 is 3.71. The van der Waals surface area contributed by atoms with E-state index in [2.05, 4.69) is 4.37 Å². The molecule has 1 aromatic heterocycles. The molecule has 0 bridgehead atoms. The van der Waals surface area contributed by atoms with Crippen LogP contribution in [-0.2, 0) is 0 Å². The van der Waals surface area contributed by atoms with Gasteiger partial charge in [0.15, 0.2) is 0 Å². The molecule has 0 aliphatic carbocycles. The van der Waals surface area contributed by atoms with Gasteiger partial charge in [-0.25, -0.2) is 0 Å². The molecule has 0 fully saturated rings. The smallest absolute Gasteiger partial charge is 0.130 e. The fraction of sp³-hybridized carbons (Fsp3) is 0. The highest BCUT2D eigenvalue weighted by Crippen LogP contribution is 2.16. The van der Waals surface area contributed by atoms with Crippen molar-refractivity contribution in [2.45, 2.75) is 0 Å². The fourth-order valence-electron chi connectivity index (χ4n) is 0.256. The maximum Gasteiger partial charge on any atom is 0.130 e. The Balaban J connectivity index is 3.12. The Labute approximate surface area is 45.1 Å². The standard InChI is InChI=1S/C3H5N3S/c4-2-1-6-7-3(2)5/h1H,4-5H2. The number of nitrogens with zero attached hydrogens (tertiary/aromatic N) is 1. The molecule has 0 saturated heterocycles. The highest BCUT2D eigenvalue weighted by atomic mass is 32.1. The lowest BCUT2D eigenvalue weighted by molar-refractivity contribution is 1.58. The van der Waals surface area contributed by atoms with E-state index in [9.17, 15) is 0 Å². The number of hydrogen-bond donors (Lipinski definition) is 2. The molecule has 4 heteroatoms. The quantitative estimate of drug-likeness (QED) is 0.511. The molecule has 0 spiro atoms. The zero-order valence-electron chi connectivity index (χ0n) is 3.59. The first-order chi connectivity index (χ1) is 3.30. The largest absolute Gasteiger partial charge is 0.395 e. The Kier molecular flexibility index (Phi) is 0.867. The second-order valence-corrected chi connectivity index (χ2v) is 1.98. The van der Waals surface area contributed by atoms with Crippen molar-refractivity contribution in [3.8, 4) is 0 Å². The first-order valence-corrected chi connectivity index (χ1v) is 2.53. The van der Waals surface area contributed by atoms with Crippen LogP contribution in [0.15, 0.2) is 6.20 Å². The van der Waals surface area contributed by atoms with Crippen LogP contribution in [-0.4, -0.2) is 4.37 Å². The minimum atomic E-state index is 0.574. The van der Waals surface area contributed by atoms with Crippen LogP contribution >= 0.6 is 11.5 Å². The van der Waals surface area contributed by atoms with Crippen LogP contribution in [0.1, 0.15) is 0 Å². The van der Waals surface area contributed by atoms with Gasteiger partial charge in [-0.15, -0.1) is 0 Å². The highest BCUT2D eigenvalue weighted by molar-refractivity contribution is 7.10. The van der Waals surface area contributed by atoms with E-state index in [4.69, 9.17) is 11.5 Å². The first kappa shape index (κ1) is 4.39. The van der Waals surface area contributed by atoms with E-state index in [0.717, 1.165) is 0 Å². The van der Waals surface area contributed by atoms with Gasteiger partial charge in [-0.05, 0) is 11.5 Å². The highest BCUT2D eigenvalue weighted by Gasteiger charge is 1.90. The molecule has 0 aliphatic heterocycles. The predicted molar refractivity (Wildman–Crippen MR) is 30.9 cm³/mol.